The van der Waals surface area contributed by atoms with Gasteiger partial charge in [-0.25, -0.2) is 0 Å². The molecule has 26 heavy (non-hydrogen) atoms. The molecule has 0 bridgehead atoms. The van der Waals surface area contributed by atoms with Gasteiger partial charge in [0.15, 0.2) is 0 Å². The number of likely N-dealkylation sites (tertiary alicyclic amines) is 1. The zero-order valence-electron chi connectivity index (χ0n) is 14.1. The first-order chi connectivity index (χ1) is 12.8. The van der Waals surface area contributed by atoms with E-state index in [2.05, 4.69) is 25.3 Å². The van der Waals surface area contributed by atoms with Crippen LogP contribution < -0.4 is 0 Å². The topological polar surface area (TPSA) is 101 Å². The second kappa shape index (κ2) is 6.05. The average molecular weight is 350 g/mol. The van der Waals surface area contributed by atoms with Crippen LogP contribution >= 0.6 is 0 Å². The van der Waals surface area contributed by atoms with E-state index in [4.69, 9.17) is 4.52 Å². The van der Waals surface area contributed by atoms with Gasteiger partial charge in [0.05, 0.1) is 0 Å². The molecule has 1 amide bonds. The third kappa shape index (κ3) is 2.67. The molecule has 5 rings (SSSR count). The molecule has 1 aliphatic carbocycles. The monoisotopic (exact) mass is 350 g/mol. The summed E-state index contributed by atoms with van der Waals surface area (Å²) < 4.78 is 5.45. The number of hydrogen-bond donors (Lipinski definition) is 1. The Labute approximate surface area is 149 Å². The van der Waals surface area contributed by atoms with E-state index in [0.29, 0.717) is 35.6 Å². The predicted octanol–water partition coefficient (Wildman–Crippen LogP) is 2.71. The molecule has 2 aliphatic rings. The maximum atomic E-state index is 12.9. The van der Waals surface area contributed by atoms with Gasteiger partial charge >= 0.3 is 0 Å². The zero-order valence-corrected chi connectivity index (χ0v) is 14.1. The molecule has 0 spiro atoms. The molecule has 1 unspecified atom stereocenters. The van der Waals surface area contributed by atoms with Gasteiger partial charge in [-0.15, -0.1) is 0 Å². The van der Waals surface area contributed by atoms with Crippen molar-refractivity contribution >= 4 is 5.91 Å². The van der Waals surface area contributed by atoms with Crippen LogP contribution in [0.1, 0.15) is 59.7 Å². The number of nitrogens with zero attached hydrogens (tertiary/aromatic N) is 5. The Morgan fingerprint density at radius 3 is 3.00 bits per heavy atom. The first-order valence-electron chi connectivity index (χ1n) is 8.91. The number of aromatic amines is 1. The summed E-state index contributed by atoms with van der Waals surface area (Å²) in [6.45, 7) is 0.663. The minimum atomic E-state index is -0.214. The Morgan fingerprint density at radius 1 is 1.27 bits per heavy atom. The standard InChI is InChI=1S/C18H18N6O2/c25-18(14-10-13(21-22-14)11-6-7-11)24-9-3-5-15(24)17-20-16(23-26-17)12-4-1-2-8-19-12/h1-2,4,8,10-11,15H,3,5-7,9H2,(H,21,22). The van der Waals surface area contributed by atoms with Gasteiger partial charge in [0.2, 0.25) is 11.7 Å². The van der Waals surface area contributed by atoms with Gasteiger partial charge in [0.25, 0.3) is 5.91 Å². The fourth-order valence-electron chi connectivity index (χ4n) is 3.43. The van der Waals surface area contributed by atoms with E-state index in [1.165, 1.54) is 12.8 Å². The summed E-state index contributed by atoms with van der Waals surface area (Å²) in [7, 11) is 0. The predicted molar refractivity (Wildman–Crippen MR) is 91.1 cm³/mol. The molecule has 1 N–H and O–H groups in total. The number of nitrogens with one attached hydrogen (secondary N) is 1. The van der Waals surface area contributed by atoms with Gasteiger partial charge in [-0.2, -0.15) is 10.1 Å². The molecule has 1 saturated carbocycles. The number of rotatable bonds is 4. The summed E-state index contributed by atoms with van der Waals surface area (Å²) in [6.07, 6.45) is 5.72. The summed E-state index contributed by atoms with van der Waals surface area (Å²) in [5, 5.41) is 11.2. The number of pyridine rings is 1. The largest absolute Gasteiger partial charge is 0.337 e. The van der Waals surface area contributed by atoms with Crippen molar-refractivity contribution in [3.05, 3.63) is 47.7 Å². The zero-order chi connectivity index (χ0) is 17.5. The summed E-state index contributed by atoms with van der Waals surface area (Å²) in [6, 6.07) is 7.20. The van der Waals surface area contributed by atoms with Gasteiger partial charge in [-0.3, -0.25) is 14.9 Å². The molecule has 1 atom stereocenters. The number of H-pyrrole nitrogens is 1. The number of hydrogen-bond acceptors (Lipinski definition) is 6. The highest BCUT2D eigenvalue weighted by Crippen LogP contribution is 2.39. The SMILES string of the molecule is O=C(c1cc(C2CC2)[nH]n1)N1CCCC1c1nc(-c2ccccn2)no1. The molecule has 0 radical (unpaired) electrons. The average Bonchev–Trinajstić information content (AvgIpc) is 3.11. The van der Waals surface area contributed by atoms with Crippen LogP contribution in [-0.2, 0) is 0 Å². The third-order valence-electron chi connectivity index (χ3n) is 4.97. The number of amides is 1. The van der Waals surface area contributed by atoms with E-state index < -0.39 is 0 Å². The lowest BCUT2D eigenvalue weighted by Gasteiger charge is -2.20. The number of carbonyl (C=O) groups excluding carboxylic acids is 1. The van der Waals surface area contributed by atoms with E-state index in [1.807, 2.05) is 24.3 Å². The van der Waals surface area contributed by atoms with Crippen molar-refractivity contribution in [3.63, 3.8) is 0 Å². The van der Waals surface area contributed by atoms with Crippen LogP contribution in [0, 0.1) is 0 Å². The van der Waals surface area contributed by atoms with Crippen LogP contribution in [0.15, 0.2) is 35.0 Å². The maximum Gasteiger partial charge on any atom is 0.275 e. The highest BCUT2D eigenvalue weighted by molar-refractivity contribution is 5.92. The van der Waals surface area contributed by atoms with Gasteiger partial charge in [0.1, 0.15) is 17.4 Å². The number of aromatic nitrogens is 5. The third-order valence-corrected chi connectivity index (χ3v) is 4.97. The van der Waals surface area contributed by atoms with E-state index in [9.17, 15) is 4.79 Å². The van der Waals surface area contributed by atoms with Crippen molar-refractivity contribution in [2.45, 2.75) is 37.6 Å². The molecule has 132 valence electrons. The van der Waals surface area contributed by atoms with Crippen LogP contribution in [0.25, 0.3) is 11.5 Å². The summed E-state index contributed by atoms with van der Waals surface area (Å²) in [4.78, 5) is 23.4. The van der Waals surface area contributed by atoms with Crippen LogP contribution in [0.5, 0.6) is 0 Å². The summed E-state index contributed by atoms with van der Waals surface area (Å²) >= 11 is 0. The van der Waals surface area contributed by atoms with E-state index in [-0.39, 0.29) is 11.9 Å². The lowest BCUT2D eigenvalue weighted by atomic mass is 10.2. The number of carbonyl (C=O) groups is 1. The smallest absolute Gasteiger partial charge is 0.275 e. The van der Waals surface area contributed by atoms with Gasteiger partial charge in [-0.05, 0) is 43.9 Å². The summed E-state index contributed by atoms with van der Waals surface area (Å²) in [5.41, 5.74) is 2.17. The molecule has 8 heteroatoms. The van der Waals surface area contributed by atoms with Gasteiger partial charge in [0, 0.05) is 24.4 Å². The van der Waals surface area contributed by atoms with Crippen molar-refractivity contribution < 1.29 is 9.32 Å². The second-order valence-electron chi connectivity index (χ2n) is 6.81. The molecule has 0 aromatic carbocycles. The maximum absolute atomic E-state index is 12.9. The van der Waals surface area contributed by atoms with E-state index in [0.717, 1.165) is 18.5 Å². The Bertz CT molecular complexity index is 930. The minimum absolute atomic E-state index is 0.0896. The molecule has 3 aromatic heterocycles. The van der Waals surface area contributed by atoms with Crippen LogP contribution in [0.2, 0.25) is 0 Å². The van der Waals surface area contributed by atoms with E-state index in [1.54, 1.807) is 11.1 Å². The Morgan fingerprint density at radius 2 is 2.19 bits per heavy atom. The molecule has 1 aliphatic heterocycles. The van der Waals surface area contributed by atoms with Crippen LogP contribution in [0.4, 0.5) is 0 Å². The highest BCUT2D eigenvalue weighted by Gasteiger charge is 2.36. The van der Waals surface area contributed by atoms with Gasteiger partial charge < -0.3 is 9.42 Å². The summed E-state index contributed by atoms with van der Waals surface area (Å²) in [5.74, 6) is 1.34. The quantitative estimate of drug-likeness (QED) is 0.776. The first kappa shape index (κ1) is 15.2. The normalized spacial score (nSPS) is 19.8. The van der Waals surface area contributed by atoms with Crippen LogP contribution in [0.3, 0.4) is 0 Å². The molecule has 4 heterocycles. The van der Waals surface area contributed by atoms with Crippen molar-refractivity contribution in [3.8, 4) is 11.5 Å². The first-order valence-corrected chi connectivity index (χ1v) is 8.91. The van der Waals surface area contributed by atoms with Crippen molar-refractivity contribution in [2.75, 3.05) is 6.54 Å². The molecule has 3 aromatic rings. The van der Waals surface area contributed by atoms with Crippen molar-refractivity contribution in [1.29, 1.82) is 0 Å². The van der Waals surface area contributed by atoms with Gasteiger partial charge in [-0.1, -0.05) is 11.2 Å². The Kier molecular flexibility index (Phi) is 3.55. The van der Waals surface area contributed by atoms with Crippen LogP contribution in [-0.4, -0.2) is 42.7 Å². The molecule has 1 saturated heterocycles. The highest BCUT2D eigenvalue weighted by atomic mass is 16.5. The van der Waals surface area contributed by atoms with Crippen molar-refractivity contribution in [1.82, 2.24) is 30.2 Å². The molecule has 2 fully saturated rings. The minimum Gasteiger partial charge on any atom is -0.337 e. The lowest BCUT2D eigenvalue weighted by Crippen LogP contribution is -2.31. The fraction of sp³-hybridized carbons (Fsp3) is 0.389. The Hall–Kier alpha value is -3.03. The van der Waals surface area contributed by atoms with Crippen molar-refractivity contribution in [2.24, 2.45) is 0 Å². The fourth-order valence-corrected chi connectivity index (χ4v) is 3.43. The van der Waals surface area contributed by atoms with E-state index >= 15 is 0 Å². The second-order valence-corrected chi connectivity index (χ2v) is 6.81. The molecular formula is C18H18N6O2. The molecule has 8 nitrogen and oxygen atoms in total. The lowest BCUT2D eigenvalue weighted by molar-refractivity contribution is 0.0704. The molecular weight excluding hydrogens is 332 g/mol. The Balaban J connectivity index is 1.38.